The summed E-state index contributed by atoms with van der Waals surface area (Å²) >= 11 is 0. The number of carbonyl (C=O) groups is 2. The van der Waals surface area contributed by atoms with E-state index in [0.29, 0.717) is 35.9 Å². The van der Waals surface area contributed by atoms with Gasteiger partial charge in [0.25, 0.3) is 11.8 Å². The number of aryl methyl sites for hydroxylation is 1. The fourth-order valence-electron chi connectivity index (χ4n) is 5.02. The summed E-state index contributed by atoms with van der Waals surface area (Å²) in [6.07, 6.45) is 2.04. The Balaban J connectivity index is 1.26. The summed E-state index contributed by atoms with van der Waals surface area (Å²) in [4.78, 5) is 25.3. The third-order valence-corrected chi connectivity index (χ3v) is 7.02. The molecule has 13 heteroatoms. The van der Waals surface area contributed by atoms with Crippen molar-refractivity contribution >= 4 is 28.2 Å². The summed E-state index contributed by atoms with van der Waals surface area (Å²) in [5.74, 6) is -0.745. The van der Waals surface area contributed by atoms with Crippen LogP contribution >= 0.6 is 0 Å². The van der Waals surface area contributed by atoms with Crippen LogP contribution in [0, 0.1) is 6.92 Å². The highest BCUT2D eigenvalue weighted by Crippen LogP contribution is 2.30. The minimum Gasteiger partial charge on any atom is -0.491 e. The van der Waals surface area contributed by atoms with Crippen LogP contribution in [0.1, 0.15) is 72.6 Å². The Kier molecular flexibility index (Phi) is 7.56. The number of fused-ring (bicyclic) bond motifs is 2. The number of pyridine rings is 1. The van der Waals surface area contributed by atoms with Crippen molar-refractivity contribution < 1.29 is 33.0 Å². The zero-order chi connectivity index (χ0) is 29.5. The number of amides is 2. The molecule has 2 amide bonds. The molecule has 1 saturated carbocycles. The lowest BCUT2D eigenvalue weighted by Gasteiger charge is -2.28. The predicted octanol–water partition coefficient (Wildman–Crippen LogP) is 3.76. The van der Waals surface area contributed by atoms with E-state index in [1.165, 1.54) is 12.1 Å². The first kappa shape index (κ1) is 28.3. The van der Waals surface area contributed by atoms with Crippen molar-refractivity contribution in [3.8, 4) is 11.6 Å². The fraction of sp³-hybridized carbons (Fsp3) is 0.429. The van der Waals surface area contributed by atoms with Crippen LogP contribution in [0.15, 0.2) is 36.4 Å². The first-order valence-electron chi connectivity index (χ1n) is 13.3. The molecular weight excluding hydrogens is 538 g/mol. The van der Waals surface area contributed by atoms with Gasteiger partial charge in [-0.3, -0.25) is 9.59 Å². The lowest BCUT2D eigenvalue weighted by molar-refractivity contribution is 0.0284. The molecule has 218 valence electrons. The van der Waals surface area contributed by atoms with E-state index in [1.54, 1.807) is 30.5 Å². The van der Waals surface area contributed by atoms with Crippen molar-refractivity contribution in [2.75, 3.05) is 6.61 Å². The minimum absolute atomic E-state index is 0.0400. The number of rotatable bonds is 9. The first-order chi connectivity index (χ1) is 19.4. The Morgan fingerprint density at radius 1 is 1.15 bits per heavy atom. The van der Waals surface area contributed by atoms with Crippen molar-refractivity contribution in [2.45, 2.75) is 70.8 Å². The molecule has 0 unspecified atom stereocenters. The minimum atomic E-state index is -2.97. The van der Waals surface area contributed by atoms with Crippen molar-refractivity contribution in [2.24, 2.45) is 5.73 Å². The summed E-state index contributed by atoms with van der Waals surface area (Å²) < 4.78 is 41.3. The second-order valence-electron chi connectivity index (χ2n) is 10.9. The van der Waals surface area contributed by atoms with E-state index >= 15 is 0 Å². The summed E-state index contributed by atoms with van der Waals surface area (Å²) in [7, 11) is 0. The average Bonchev–Trinajstić information content (AvgIpc) is 3.47. The zero-order valence-corrected chi connectivity index (χ0v) is 22.9. The molecule has 4 N–H and O–H groups in total. The van der Waals surface area contributed by atoms with E-state index < -0.39 is 24.0 Å². The molecular formula is C28H32F2N6O5. The maximum atomic E-state index is 13.8. The van der Waals surface area contributed by atoms with Crippen LogP contribution in [0.5, 0.6) is 11.6 Å². The van der Waals surface area contributed by atoms with Crippen molar-refractivity contribution in [3.05, 3.63) is 53.3 Å². The molecule has 3 aromatic heterocycles. The van der Waals surface area contributed by atoms with Crippen molar-refractivity contribution in [3.63, 3.8) is 0 Å². The Bertz CT molecular complexity index is 1600. The number of hydrogen-bond acceptors (Lipinski definition) is 7. The maximum Gasteiger partial charge on any atom is 0.333 e. The number of nitrogens with one attached hydrogen (secondary N) is 1. The van der Waals surface area contributed by atoms with E-state index in [2.05, 4.69) is 15.5 Å². The number of hydrogen-bond donors (Lipinski definition) is 3. The highest BCUT2D eigenvalue weighted by Gasteiger charge is 2.29. The van der Waals surface area contributed by atoms with Gasteiger partial charge in [-0.25, -0.2) is 9.20 Å². The molecule has 11 nitrogen and oxygen atoms in total. The van der Waals surface area contributed by atoms with Gasteiger partial charge in [0.1, 0.15) is 24.0 Å². The van der Waals surface area contributed by atoms with Gasteiger partial charge >= 0.3 is 6.55 Å². The predicted molar refractivity (Wildman–Crippen MR) is 145 cm³/mol. The Morgan fingerprint density at radius 2 is 1.88 bits per heavy atom. The summed E-state index contributed by atoms with van der Waals surface area (Å²) in [5.41, 5.74) is 6.06. The summed E-state index contributed by atoms with van der Waals surface area (Å²) in [6, 6.07) is 9.64. The van der Waals surface area contributed by atoms with Gasteiger partial charge in [0, 0.05) is 23.2 Å². The monoisotopic (exact) mass is 570 g/mol. The van der Waals surface area contributed by atoms with Gasteiger partial charge in [-0.2, -0.15) is 13.9 Å². The summed E-state index contributed by atoms with van der Waals surface area (Å²) in [6.45, 7) is 1.98. The largest absolute Gasteiger partial charge is 0.491 e. The molecule has 0 radical (unpaired) electrons. The highest BCUT2D eigenvalue weighted by molar-refractivity contribution is 6.05. The molecule has 1 aliphatic carbocycles. The number of carbonyl (C=O) groups excluding carboxylic acids is 2. The van der Waals surface area contributed by atoms with E-state index in [0.717, 1.165) is 5.69 Å². The molecule has 0 atom stereocenters. The van der Waals surface area contributed by atoms with Gasteiger partial charge in [-0.1, -0.05) is 6.07 Å². The van der Waals surface area contributed by atoms with Crippen molar-refractivity contribution in [1.82, 2.24) is 24.7 Å². The second-order valence-corrected chi connectivity index (χ2v) is 10.9. The number of aromatic nitrogens is 4. The number of benzene rings is 1. The van der Waals surface area contributed by atoms with Gasteiger partial charge in [0.2, 0.25) is 5.88 Å². The molecule has 5 rings (SSSR count). The van der Waals surface area contributed by atoms with Crippen LogP contribution in [0.4, 0.5) is 8.78 Å². The molecule has 1 aliphatic rings. The Labute approximate surface area is 234 Å². The molecule has 4 aromatic rings. The normalized spacial score (nSPS) is 17.7. The SMILES string of the molecule is Cc1cccc2c(C(N)=O)c(O[C@H]3CC[C@H](NC(=O)c4nn(C(F)F)c5cc(OCC(C)(C)O)ccc45)CC3)nn12. The van der Waals surface area contributed by atoms with Crippen LogP contribution in [0.2, 0.25) is 0 Å². The number of aliphatic hydroxyl groups is 1. The molecule has 1 aromatic carbocycles. The standard InChI is InChI=1S/C28H32F2N6O5/c1-15-5-4-6-20-22(24(31)37)26(34-35(15)20)41-17-9-7-16(8-10-17)32-25(38)23-19-12-11-18(40-14-28(2,3)39)13-21(19)36(33-23)27(29)30/h4-6,11-13,16-17,27,39H,7-10,14H2,1-3H3,(H2,31,37)(H,32,38)/t16-,17-. The third-order valence-electron chi connectivity index (χ3n) is 7.02. The molecule has 41 heavy (non-hydrogen) atoms. The first-order valence-corrected chi connectivity index (χ1v) is 13.3. The van der Waals surface area contributed by atoms with Gasteiger partial charge in [0.05, 0.1) is 16.6 Å². The van der Waals surface area contributed by atoms with Crippen LogP contribution in [0.25, 0.3) is 16.4 Å². The molecule has 3 heterocycles. The number of alkyl halides is 2. The number of nitrogens with two attached hydrogens (primary N) is 1. The van der Waals surface area contributed by atoms with Gasteiger partial charge in [-0.15, -0.1) is 5.10 Å². The fourth-order valence-corrected chi connectivity index (χ4v) is 5.02. The molecule has 0 aliphatic heterocycles. The smallest absolute Gasteiger partial charge is 0.333 e. The van der Waals surface area contributed by atoms with E-state index in [4.69, 9.17) is 15.2 Å². The van der Waals surface area contributed by atoms with Crippen molar-refractivity contribution in [1.29, 1.82) is 0 Å². The molecule has 0 spiro atoms. The molecule has 1 fully saturated rings. The average molecular weight is 571 g/mol. The van der Waals surface area contributed by atoms with E-state index in [9.17, 15) is 23.5 Å². The van der Waals surface area contributed by atoms with Crippen LogP contribution < -0.4 is 20.5 Å². The maximum absolute atomic E-state index is 13.8. The van der Waals surface area contributed by atoms with Gasteiger partial charge in [-0.05, 0) is 70.7 Å². The number of nitrogens with zero attached hydrogens (tertiary/aromatic N) is 4. The van der Waals surface area contributed by atoms with E-state index in [-0.39, 0.29) is 52.5 Å². The van der Waals surface area contributed by atoms with Gasteiger partial charge < -0.3 is 25.6 Å². The lowest BCUT2D eigenvalue weighted by atomic mass is 9.92. The topological polar surface area (TPSA) is 146 Å². The second kappa shape index (κ2) is 11.0. The summed E-state index contributed by atoms with van der Waals surface area (Å²) in [5, 5.41) is 21.4. The molecule has 0 bridgehead atoms. The van der Waals surface area contributed by atoms with Crippen LogP contribution in [-0.2, 0) is 0 Å². The Hall–Kier alpha value is -4.26. The number of primary amides is 1. The van der Waals surface area contributed by atoms with E-state index in [1.807, 2.05) is 19.1 Å². The zero-order valence-electron chi connectivity index (χ0n) is 22.9. The Morgan fingerprint density at radius 3 is 2.54 bits per heavy atom. The number of halogens is 2. The highest BCUT2D eigenvalue weighted by atomic mass is 19.3. The van der Waals surface area contributed by atoms with Gasteiger partial charge in [0.15, 0.2) is 5.69 Å². The van der Waals surface area contributed by atoms with Crippen LogP contribution in [-0.4, -0.2) is 60.7 Å². The third kappa shape index (κ3) is 5.94. The lowest BCUT2D eigenvalue weighted by Crippen LogP contribution is -2.40. The molecule has 0 saturated heterocycles. The number of ether oxygens (including phenoxy) is 2. The quantitative estimate of drug-likeness (QED) is 0.278. The van der Waals surface area contributed by atoms with Crippen LogP contribution in [0.3, 0.4) is 0 Å².